The number of hydrogen-bond donors (Lipinski definition) is 1. The molecular formula is C25H27ClN2O4S. The van der Waals surface area contributed by atoms with Gasteiger partial charge in [-0.3, -0.25) is 9.10 Å². The second kappa shape index (κ2) is 11.2. The number of amides is 1. The molecule has 0 heterocycles. The van der Waals surface area contributed by atoms with Crippen molar-refractivity contribution >= 4 is 33.2 Å². The molecule has 1 N–H and O–H groups in total. The molecule has 0 aliphatic heterocycles. The van der Waals surface area contributed by atoms with Gasteiger partial charge in [0.25, 0.3) is 10.0 Å². The number of nitrogens with one attached hydrogen (secondary N) is 1. The molecule has 0 aromatic heterocycles. The molecule has 1 atom stereocenters. The minimum Gasteiger partial charge on any atom is -0.495 e. The Morgan fingerprint density at radius 2 is 1.67 bits per heavy atom. The van der Waals surface area contributed by atoms with Gasteiger partial charge in [0.1, 0.15) is 12.3 Å². The first-order valence-corrected chi connectivity index (χ1v) is 12.4. The number of rotatable bonds is 10. The third-order valence-electron chi connectivity index (χ3n) is 5.14. The highest BCUT2D eigenvalue weighted by Crippen LogP contribution is 2.34. The molecule has 0 spiro atoms. The highest BCUT2D eigenvalue weighted by molar-refractivity contribution is 7.92. The van der Waals surface area contributed by atoms with E-state index in [0.717, 1.165) is 17.1 Å². The van der Waals surface area contributed by atoms with E-state index in [0.29, 0.717) is 10.8 Å². The Kier molecular flexibility index (Phi) is 8.36. The topological polar surface area (TPSA) is 75.7 Å². The Bertz CT molecular complexity index is 1170. The molecule has 0 bridgehead atoms. The van der Waals surface area contributed by atoms with Crippen molar-refractivity contribution in [3.63, 3.8) is 0 Å². The fourth-order valence-corrected chi connectivity index (χ4v) is 5.04. The van der Waals surface area contributed by atoms with E-state index in [4.69, 9.17) is 16.3 Å². The van der Waals surface area contributed by atoms with Crippen LogP contribution in [0.5, 0.6) is 5.75 Å². The van der Waals surface area contributed by atoms with Crippen molar-refractivity contribution in [1.29, 1.82) is 0 Å². The molecule has 0 fully saturated rings. The van der Waals surface area contributed by atoms with Gasteiger partial charge in [-0.25, -0.2) is 8.42 Å². The number of anilines is 1. The molecule has 0 saturated heterocycles. The van der Waals surface area contributed by atoms with Crippen LogP contribution < -0.4 is 14.4 Å². The van der Waals surface area contributed by atoms with Crippen molar-refractivity contribution in [2.24, 2.45) is 0 Å². The van der Waals surface area contributed by atoms with Gasteiger partial charge in [-0.2, -0.15) is 0 Å². The van der Waals surface area contributed by atoms with E-state index in [1.807, 2.05) is 37.3 Å². The van der Waals surface area contributed by atoms with Gasteiger partial charge in [0, 0.05) is 11.1 Å². The zero-order valence-corrected chi connectivity index (χ0v) is 20.1. The Hall–Kier alpha value is -3.03. The first-order chi connectivity index (χ1) is 15.8. The summed E-state index contributed by atoms with van der Waals surface area (Å²) in [6, 6.07) is 22.5. The summed E-state index contributed by atoms with van der Waals surface area (Å²) in [7, 11) is -2.62. The number of hydrogen-bond acceptors (Lipinski definition) is 4. The highest BCUT2D eigenvalue weighted by Gasteiger charge is 2.30. The first kappa shape index (κ1) is 24.6. The second-order valence-electron chi connectivity index (χ2n) is 7.63. The van der Waals surface area contributed by atoms with Crippen molar-refractivity contribution in [3.05, 3.63) is 89.4 Å². The van der Waals surface area contributed by atoms with Crippen LogP contribution in [-0.4, -0.2) is 34.0 Å². The van der Waals surface area contributed by atoms with E-state index in [-0.39, 0.29) is 16.6 Å². The molecule has 3 rings (SSSR count). The van der Waals surface area contributed by atoms with E-state index in [1.165, 1.54) is 30.9 Å². The number of nitrogens with zero attached hydrogens (tertiary/aromatic N) is 1. The van der Waals surface area contributed by atoms with E-state index in [2.05, 4.69) is 5.32 Å². The smallest absolute Gasteiger partial charge is 0.264 e. The maximum absolute atomic E-state index is 13.5. The lowest BCUT2D eigenvalue weighted by molar-refractivity contribution is -0.120. The fourth-order valence-electron chi connectivity index (χ4n) is 3.43. The molecule has 3 aromatic carbocycles. The summed E-state index contributed by atoms with van der Waals surface area (Å²) in [5, 5.41) is 3.24. The summed E-state index contributed by atoms with van der Waals surface area (Å²) in [4.78, 5) is 13.0. The summed E-state index contributed by atoms with van der Waals surface area (Å²) >= 11 is 6.16. The lowest BCUT2D eigenvalue weighted by atomic mass is 10.1. The van der Waals surface area contributed by atoms with E-state index < -0.39 is 22.5 Å². The minimum absolute atomic E-state index is 0.0666. The van der Waals surface area contributed by atoms with Crippen LogP contribution in [0.25, 0.3) is 0 Å². The molecule has 1 amide bonds. The maximum Gasteiger partial charge on any atom is 0.264 e. The average molecular weight is 487 g/mol. The number of carbonyl (C=O) groups excluding carboxylic acids is 1. The number of carbonyl (C=O) groups is 1. The van der Waals surface area contributed by atoms with E-state index in [1.54, 1.807) is 30.3 Å². The molecule has 3 aromatic rings. The highest BCUT2D eigenvalue weighted by atomic mass is 35.5. The van der Waals surface area contributed by atoms with Gasteiger partial charge < -0.3 is 10.1 Å². The molecule has 0 radical (unpaired) electrons. The van der Waals surface area contributed by atoms with Gasteiger partial charge in [0.15, 0.2) is 0 Å². The van der Waals surface area contributed by atoms with Gasteiger partial charge in [-0.15, -0.1) is 0 Å². The number of aryl methyl sites for hydroxylation is 1. The van der Waals surface area contributed by atoms with Crippen LogP contribution >= 0.6 is 11.6 Å². The quantitative estimate of drug-likeness (QED) is 0.451. The Labute approximate surface area is 200 Å². The van der Waals surface area contributed by atoms with Crippen molar-refractivity contribution in [2.45, 2.75) is 30.7 Å². The minimum atomic E-state index is -4.06. The van der Waals surface area contributed by atoms with Crippen molar-refractivity contribution in [1.82, 2.24) is 5.32 Å². The molecule has 6 nitrogen and oxygen atoms in total. The van der Waals surface area contributed by atoms with Crippen LogP contribution in [0.4, 0.5) is 5.69 Å². The predicted molar refractivity (Wildman–Crippen MR) is 131 cm³/mol. The van der Waals surface area contributed by atoms with Gasteiger partial charge in [0.05, 0.1) is 17.7 Å². The lowest BCUT2D eigenvalue weighted by Crippen LogP contribution is -2.43. The molecule has 0 saturated carbocycles. The fraction of sp³-hybridized carbons (Fsp3) is 0.240. The van der Waals surface area contributed by atoms with Crippen LogP contribution in [0.2, 0.25) is 5.02 Å². The van der Waals surface area contributed by atoms with Crippen molar-refractivity contribution in [2.75, 3.05) is 18.0 Å². The van der Waals surface area contributed by atoms with E-state index >= 15 is 0 Å². The van der Waals surface area contributed by atoms with Gasteiger partial charge in [0.2, 0.25) is 5.91 Å². The summed E-state index contributed by atoms with van der Waals surface area (Å²) in [5.74, 6) is -0.124. The van der Waals surface area contributed by atoms with Crippen LogP contribution in [0.15, 0.2) is 83.8 Å². The SMILES string of the molecule is COc1ccc(Cl)cc1N(CC(=O)N[C@@H](C)CCc1ccccc1)S(=O)(=O)c1ccccc1. The zero-order valence-electron chi connectivity index (χ0n) is 18.6. The lowest BCUT2D eigenvalue weighted by Gasteiger charge is -2.26. The molecule has 8 heteroatoms. The summed E-state index contributed by atoms with van der Waals surface area (Å²) < 4.78 is 33.4. The van der Waals surface area contributed by atoms with Crippen LogP contribution in [-0.2, 0) is 21.2 Å². The Morgan fingerprint density at radius 1 is 1.03 bits per heavy atom. The third kappa shape index (κ3) is 6.49. The van der Waals surface area contributed by atoms with Crippen molar-refractivity contribution < 1.29 is 17.9 Å². The first-order valence-electron chi connectivity index (χ1n) is 10.6. The second-order valence-corrected chi connectivity index (χ2v) is 9.93. The maximum atomic E-state index is 13.5. The normalized spacial score (nSPS) is 12.1. The molecular weight excluding hydrogens is 460 g/mol. The number of methoxy groups -OCH3 is 1. The largest absolute Gasteiger partial charge is 0.495 e. The van der Waals surface area contributed by atoms with Crippen molar-refractivity contribution in [3.8, 4) is 5.75 Å². The summed E-state index contributed by atoms with van der Waals surface area (Å²) in [5.41, 5.74) is 1.37. The van der Waals surface area contributed by atoms with Crippen LogP contribution in [0, 0.1) is 0 Å². The number of halogens is 1. The molecule has 33 heavy (non-hydrogen) atoms. The third-order valence-corrected chi connectivity index (χ3v) is 7.15. The summed E-state index contributed by atoms with van der Waals surface area (Å²) in [6.07, 6.45) is 1.53. The Morgan fingerprint density at radius 3 is 2.30 bits per heavy atom. The van der Waals surface area contributed by atoms with Gasteiger partial charge >= 0.3 is 0 Å². The van der Waals surface area contributed by atoms with Crippen LogP contribution in [0.3, 0.4) is 0 Å². The summed E-state index contributed by atoms with van der Waals surface area (Å²) in [6.45, 7) is 1.49. The number of ether oxygens (including phenoxy) is 1. The monoisotopic (exact) mass is 486 g/mol. The van der Waals surface area contributed by atoms with Gasteiger partial charge in [-0.05, 0) is 55.7 Å². The molecule has 174 valence electrons. The standard InChI is InChI=1S/C25H27ClN2O4S/c1-19(13-14-20-9-5-3-6-10-20)27-25(29)18-28(23-17-21(26)15-16-24(23)32-2)33(30,31)22-11-7-4-8-12-22/h3-12,15-17,19H,13-14,18H2,1-2H3,(H,27,29)/t19-/m0/s1. The van der Waals surface area contributed by atoms with E-state index in [9.17, 15) is 13.2 Å². The molecule has 0 aliphatic rings. The molecule has 0 aliphatic carbocycles. The molecule has 0 unspecified atom stereocenters. The zero-order chi connectivity index (χ0) is 23.8. The van der Waals surface area contributed by atoms with Gasteiger partial charge in [-0.1, -0.05) is 60.1 Å². The Balaban J connectivity index is 1.83. The predicted octanol–water partition coefficient (Wildman–Crippen LogP) is 4.68. The number of sulfonamides is 1. The van der Waals surface area contributed by atoms with Crippen LogP contribution in [0.1, 0.15) is 18.9 Å². The average Bonchev–Trinajstić information content (AvgIpc) is 2.82. The number of benzene rings is 3.